The van der Waals surface area contributed by atoms with Crippen LogP contribution in [0.5, 0.6) is 0 Å². The number of amides is 1. The van der Waals surface area contributed by atoms with Gasteiger partial charge in [0.05, 0.1) is 5.71 Å². The van der Waals surface area contributed by atoms with E-state index in [1.165, 1.54) is 5.01 Å². The molecule has 1 aromatic carbocycles. The van der Waals surface area contributed by atoms with E-state index < -0.39 is 6.67 Å². The summed E-state index contributed by atoms with van der Waals surface area (Å²) in [5.74, 6) is 5.36. The number of alkyl halides is 1. The number of carbonyl (C=O) groups excluding carboxylic acids is 1. The van der Waals surface area contributed by atoms with Crippen LogP contribution < -0.4 is 0 Å². The van der Waals surface area contributed by atoms with Crippen molar-refractivity contribution in [3.63, 3.8) is 0 Å². The van der Waals surface area contributed by atoms with Gasteiger partial charge >= 0.3 is 0 Å². The second-order valence-electron chi connectivity index (χ2n) is 4.30. The molecule has 0 aromatic heterocycles. The molecule has 0 unspecified atom stereocenters. The molecule has 0 spiro atoms. The number of halogens is 2. The summed E-state index contributed by atoms with van der Waals surface area (Å²) in [6, 6.07) is 7.34. The molecule has 1 amide bonds. The van der Waals surface area contributed by atoms with Gasteiger partial charge in [-0.25, -0.2) is 5.01 Å². The molecule has 1 aliphatic heterocycles. The summed E-state index contributed by atoms with van der Waals surface area (Å²) in [6.45, 7) is -0.268. The van der Waals surface area contributed by atoms with E-state index in [0.29, 0.717) is 17.9 Å². The topological polar surface area (TPSA) is 32.7 Å². The lowest BCUT2D eigenvalue weighted by Crippen LogP contribution is -2.32. The van der Waals surface area contributed by atoms with Crippen LogP contribution in [0.2, 0.25) is 5.02 Å². The van der Waals surface area contributed by atoms with Crippen molar-refractivity contribution in [2.24, 2.45) is 5.10 Å². The number of rotatable bonds is 3. The lowest BCUT2D eigenvalue weighted by molar-refractivity contribution is -0.131. The highest BCUT2D eigenvalue weighted by Crippen LogP contribution is 2.17. The van der Waals surface area contributed by atoms with Gasteiger partial charge in [-0.2, -0.15) is 5.10 Å². The second kappa shape index (κ2) is 7.06. The molecule has 3 nitrogen and oxygen atoms in total. The number of benzene rings is 1. The summed E-state index contributed by atoms with van der Waals surface area (Å²) in [5, 5.41) is 6.33. The van der Waals surface area contributed by atoms with Crippen molar-refractivity contribution in [1.29, 1.82) is 0 Å². The Bertz CT molecular complexity index is 572. The fourth-order valence-electron chi connectivity index (χ4n) is 1.84. The molecule has 1 heterocycles. The molecule has 0 atom stereocenters. The average molecular weight is 293 g/mol. The molecular weight excluding hydrogens is 279 g/mol. The second-order valence-corrected chi connectivity index (χ2v) is 4.73. The van der Waals surface area contributed by atoms with Gasteiger partial charge in [-0.05, 0) is 17.7 Å². The summed E-state index contributed by atoms with van der Waals surface area (Å²) in [7, 11) is 0. The molecule has 5 heteroatoms. The third-order valence-corrected chi connectivity index (χ3v) is 3.11. The Morgan fingerprint density at radius 3 is 2.70 bits per heavy atom. The number of nitrogens with zero attached hydrogens (tertiary/aromatic N) is 2. The Morgan fingerprint density at radius 1 is 1.25 bits per heavy atom. The smallest absolute Gasteiger partial charge is 0.243 e. The highest BCUT2D eigenvalue weighted by molar-refractivity contribution is 6.30. The van der Waals surface area contributed by atoms with E-state index in [0.717, 1.165) is 11.3 Å². The fourth-order valence-corrected chi connectivity index (χ4v) is 1.97. The van der Waals surface area contributed by atoms with Gasteiger partial charge in [-0.1, -0.05) is 35.6 Å². The maximum atomic E-state index is 11.9. The zero-order valence-corrected chi connectivity index (χ0v) is 11.7. The molecule has 0 aliphatic carbocycles. The molecule has 0 fully saturated rings. The summed E-state index contributed by atoms with van der Waals surface area (Å²) in [6.07, 6.45) is 1.21. The lowest BCUT2D eigenvalue weighted by atomic mass is 10.0. The SMILES string of the molecule is O=C1CCC(c2ccc(Cl)cc2)=NN1CC#CCCF. The van der Waals surface area contributed by atoms with Gasteiger partial charge in [0, 0.05) is 24.3 Å². The maximum Gasteiger partial charge on any atom is 0.243 e. The number of hydrogen-bond donors (Lipinski definition) is 0. The number of hydrazone groups is 1. The summed E-state index contributed by atoms with van der Waals surface area (Å²) < 4.78 is 11.9. The first-order chi connectivity index (χ1) is 9.70. The maximum absolute atomic E-state index is 11.9. The van der Waals surface area contributed by atoms with Crippen LogP contribution >= 0.6 is 11.6 Å². The molecule has 1 aliphatic rings. The minimum Gasteiger partial charge on any atom is -0.273 e. The van der Waals surface area contributed by atoms with E-state index in [2.05, 4.69) is 16.9 Å². The fraction of sp³-hybridized carbons (Fsp3) is 0.333. The molecule has 104 valence electrons. The highest BCUT2D eigenvalue weighted by atomic mass is 35.5. The molecule has 20 heavy (non-hydrogen) atoms. The van der Waals surface area contributed by atoms with Crippen molar-refractivity contribution in [2.75, 3.05) is 13.2 Å². The average Bonchev–Trinajstić information content (AvgIpc) is 2.46. The standard InChI is InChI=1S/C15H14ClFN2O/c16-13-6-4-12(5-7-13)14-8-9-15(20)19(18-14)11-3-1-2-10-17/h4-7H,2,8-11H2. The van der Waals surface area contributed by atoms with Gasteiger partial charge in [-0.3, -0.25) is 9.18 Å². The van der Waals surface area contributed by atoms with Crippen molar-refractivity contribution < 1.29 is 9.18 Å². The minimum absolute atomic E-state index is 0.0581. The van der Waals surface area contributed by atoms with Crippen LogP contribution in [-0.2, 0) is 4.79 Å². The van der Waals surface area contributed by atoms with Crippen LogP contribution in [0.25, 0.3) is 0 Å². The number of hydrogen-bond acceptors (Lipinski definition) is 2. The van der Waals surface area contributed by atoms with E-state index in [1.807, 2.05) is 12.1 Å². The predicted octanol–water partition coefficient (Wildman–Crippen LogP) is 3.03. The minimum atomic E-state index is -0.472. The molecule has 0 N–H and O–H groups in total. The predicted molar refractivity (Wildman–Crippen MR) is 77.3 cm³/mol. The molecule has 0 saturated heterocycles. The molecule has 0 saturated carbocycles. The van der Waals surface area contributed by atoms with Crippen molar-refractivity contribution in [3.05, 3.63) is 34.9 Å². The van der Waals surface area contributed by atoms with Crippen molar-refractivity contribution >= 4 is 23.2 Å². The first-order valence-corrected chi connectivity index (χ1v) is 6.74. The molecular formula is C15H14ClFN2O. The summed E-state index contributed by atoms with van der Waals surface area (Å²) in [4.78, 5) is 11.7. The third kappa shape index (κ3) is 3.82. The van der Waals surface area contributed by atoms with E-state index in [4.69, 9.17) is 11.6 Å². The van der Waals surface area contributed by atoms with E-state index in [9.17, 15) is 9.18 Å². The largest absolute Gasteiger partial charge is 0.273 e. The highest BCUT2D eigenvalue weighted by Gasteiger charge is 2.20. The van der Waals surface area contributed by atoms with Gasteiger partial charge in [0.2, 0.25) is 5.91 Å². The monoisotopic (exact) mass is 292 g/mol. The van der Waals surface area contributed by atoms with Crippen molar-refractivity contribution in [1.82, 2.24) is 5.01 Å². The van der Waals surface area contributed by atoms with Crippen LogP contribution in [0.15, 0.2) is 29.4 Å². The first-order valence-electron chi connectivity index (χ1n) is 6.36. The molecule has 0 bridgehead atoms. The lowest BCUT2D eigenvalue weighted by Gasteiger charge is -2.21. The van der Waals surface area contributed by atoms with Gasteiger partial charge in [0.25, 0.3) is 0 Å². The Hall–Kier alpha value is -1.86. The van der Waals surface area contributed by atoms with E-state index >= 15 is 0 Å². The Morgan fingerprint density at radius 2 is 2.00 bits per heavy atom. The molecule has 0 radical (unpaired) electrons. The van der Waals surface area contributed by atoms with E-state index in [-0.39, 0.29) is 18.9 Å². The van der Waals surface area contributed by atoms with Gasteiger partial charge in [0.1, 0.15) is 13.2 Å². The molecule has 1 aromatic rings. The normalized spacial score (nSPS) is 14.6. The third-order valence-electron chi connectivity index (χ3n) is 2.86. The first kappa shape index (κ1) is 14.5. The van der Waals surface area contributed by atoms with E-state index in [1.54, 1.807) is 12.1 Å². The van der Waals surface area contributed by atoms with Crippen LogP contribution in [0.1, 0.15) is 24.8 Å². The van der Waals surface area contributed by atoms with Crippen molar-refractivity contribution in [2.45, 2.75) is 19.3 Å². The van der Waals surface area contributed by atoms with Crippen LogP contribution in [0, 0.1) is 11.8 Å². The van der Waals surface area contributed by atoms with Gasteiger partial charge in [-0.15, -0.1) is 0 Å². The summed E-state index contributed by atoms with van der Waals surface area (Å²) in [5.41, 5.74) is 1.79. The Labute approximate surface area is 122 Å². The Kier molecular flexibility index (Phi) is 5.14. The quantitative estimate of drug-likeness (QED) is 0.788. The zero-order valence-electron chi connectivity index (χ0n) is 10.9. The van der Waals surface area contributed by atoms with Crippen LogP contribution in [0.3, 0.4) is 0 Å². The van der Waals surface area contributed by atoms with Gasteiger partial charge in [0.15, 0.2) is 0 Å². The Balaban J connectivity index is 2.12. The number of carbonyl (C=O) groups is 1. The van der Waals surface area contributed by atoms with Crippen molar-refractivity contribution in [3.8, 4) is 11.8 Å². The van der Waals surface area contributed by atoms with Crippen LogP contribution in [-0.4, -0.2) is 29.8 Å². The van der Waals surface area contributed by atoms with Gasteiger partial charge < -0.3 is 0 Å². The van der Waals surface area contributed by atoms with Crippen LogP contribution in [0.4, 0.5) is 4.39 Å². The zero-order chi connectivity index (χ0) is 14.4. The summed E-state index contributed by atoms with van der Waals surface area (Å²) >= 11 is 5.85. The molecule has 2 rings (SSSR count).